The lowest BCUT2D eigenvalue weighted by molar-refractivity contribution is -0.140. The quantitative estimate of drug-likeness (QED) is 0.0838. The highest BCUT2D eigenvalue weighted by molar-refractivity contribution is 6.46. The molecule has 8 nitrogen and oxygen atoms in total. The van der Waals surface area contributed by atoms with Crippen LogP contribution in [0.4, 0.5) is 0 Å². The number of aromatic nitrogens is 1. The van der Waals surface area contributed by atoms with E-state index in [0.29, 0.717) is 41.6 Å². The number of Topliss-reactive ketones (excluding diaryl/α,β-unsaturated/α-hetero) is 1. The Morgan fingerprint density at radius 2 is 1.75 bits per heavy atom. The van der Waals surface area contributed by atoms with Gasteiger partial charge in [-0.2, -0.15) is 0 Å². The molecule has 4 aromatic rings. The molecule has 1 aromatic heterocycles. The van der Waals surface area contributed by atoms with E-state index in [9.17, 15) is 14.7 Å². The van der Waals surface area contributed by atoms with E-state index in [-0.39, 0.29) is 17.9 Å². The summed E-state index contributed by atoms with van der Waals surface area (Å²) in [6.45, 7) is 5.18. The van der Waals surface area contributed by atoms with Crippen LogP contribution in [0, 0.1) is 6.92 Å². The average Bonchev–Trinajstić information content (AvgIpc) is 3.30. The smallest absolute Gasteiger partial charge is 0.295 e. The van der Waals surface area contributed by atoms with Crippen molar-refractivity contribution in [1.82, 2.24) is 9.88 Å². The number of ketones is 1. The Labute approximate surface area is 257 Å². The first-order valence-electron chi connectivity index (χ1n) is 14.7. The van der Waals surface area contributed by atoms with E-state index >= 15 is 0 Å². The summed E-state index contributed by atoms with van der Waals surface area (Å²) in [5, 5.41) is 11.6. The number of benzene rings is 3. The Balaban J connectivity index is 1.50. The van der Waals surface area contributed by atoms with Crippen molar-refractivity contribution in [3.05, 3.63) is 125 Å². The SMILES string of the molecule is CCCCOc1ccc(C2C(=C(O)c3ccc(OCc4ccccc4C)cc3)C(=O)C(=O)N2Cc2cccnc2)cc1OC. The van der Waals surface area contributed by atoms with Crippen LogP contribution in [0.15, 0.2) is 96.8 Å². The molecule has 44 heavy (non-hydrogen) atoms. The number of carbonyl (C=O) groups excluding carboxylic acids is 2. The first-order chi connectivity index (χ1) is 21.4. The number of aryl methyl sites for hydroxylation is 1. The van der Waals surface area contributed by atoms with Crippen LogP contribution in [0.1, 0.15) is 53.6 Å². The van der Waals surface area contributed by atoms with Crippen LogP contribution >= 0.6 is 0 Å². The molecule has 8 heteroatoms. The molecule has 1 unspecified atom stereocenters. The molecule has 1 fully saturated rings. The maximum Gasteiger partial charge on any atom is 0.295 e. The van der Waals surface area contributed by atoms with Crippen molar-refractivity contribution in [3.63, 3.8) is 0 Å². The van der Waals surface area contributed by atoms with Crippen LogP contribution < -0.4 is 14.2 Å². The van der Waals surface area contributed by atoms with E-state index in [4.69, 9.17) is 14.2 Å². The Morgan fingerprint density at radius 3 is 2.45 bits per heavy atom. The summed E-state index contributed by atoms with van der Waals surface area (Å²) in [6, 6.07) is 22.9. The highest BCUT2D eigenvalue weighted by Crippen LogP contribution is 2.43. The number of ether oxygens (including phenoxy) is 3. The van der Waals surface area contributed by atoms with Crippen LogP contribution in [0.25, 0.3) is 5.76 Å². The van der Waals surface area contributed by atoms with Crippen molar-refractivity contribution < 1.29 is 28.9 Å². The number of nitrogens with zero attached hydrogens (tertiary/aromatic N) is 2. The molecule has 226 valence electrons. The fourth-order valence-corrected chi connectivity index (χ4v) is 5.18. The molecule has 1 amide bonds. The number of likely N-dealkylation sites (tertiary alicyclic amines) is 1. The molecule has 1 N–H and O–H groups in total. The monoisotopic (exact) mass is 592 g/mol. The van der Waals surface area contributed by atoms with Crippen molar-refractivity contribution in [2.75, 3.05) is 13.7 Å². The number of methoxy groups -OCH3 is 1. The molecule has 0 radical (unpaired) electrons. The lowest BCUT2D eigenvalue weighted by Gasteiger charge is -2.26. The van der Waals surface area contributed by atoms with Gasteiger partial charge >= 0.3 is 0 Å². The van der Waals surface area contributed by atoms with E-state index in [2.05, 4.69) is 11.9 Å². The normalized spacial score (nSPS) is 15.8. The number of amides is 1. The second kappa shape index (κ2) is 13.9. The summed E-state index contributed by atoms with van der Waals surface area (Å²) in [5.41, 5.74) is 3.95. The fraction of sp³-hybridized carbons (Fsp3) is 0.250. The van der Waals surface area contributed by atoms with Gasteiger partial charge < -0.3 is 24.2 Å². The Hall–Kier alpha value is -5.11. The molecule has 1 aliphatic heterocycles. The Morgan fingerprint density at radius 1 is 0.955 bits per heavy atom. The van der Waals surface area contributed by atoms with Gasteiger partial charge in [-0.1, -0.05) is 49.7 Å². The minimum atomic E-state index is -0.870. The van der Waals surface area contributed by atoms with Crippen LogP contribution in [0.2, 0.25) is 0 Å². The van der Waals surface area contributed by atoms with E-state index in [1.165, 1.54) is 4.90 Å². The second-order valence-electron chi connectivity index (χ2n) is 10.6. The van der Waals surface area contributed by atoms with Crippen molar-refractivity contribution in [2.45, 2.75) is 45.9 Å². The van der Waals surface area contributed by atoms with Gasteiger partial charge in [0.15, 0.2) is 11.5 Å². The summed E-state index contributed by atoms with van der Waals surface area (Å²) in [7, 11) is 1.54. The fourth-order valence-electron chi connectivity index (χ4n) is 5.18. The third kappa shape index (κ3) is 6.59. The minimum Gasteiger partial charge on any atom is -0.507 e. The lowest BCUT2D eigenvalue weighted by atomic mass is 9.94. The Kier molecular flexibility index (Phi) is 9.59. The van der Waals surface area contributed by atoms with Crippen molar-refractivity contribution >= 4 is 17.4 Å². The van der Waals surface area contributed by atoms with Gasteiger partial charge in [0.25, 0.3) is 11.7 Å². The molecule has 1 aliphatic rings. The van der Waals surface area contributed by atoms with E-state index in [1.54, 1.807) is 68.0 Å². The van der Waals surface area contributed by atoms with Crippen LogP contribution in [-0.2, 0) is 22.7 Å². The zero-order valence-corrected chi connectivity index (χ0v) is 25.2. The predicted molar refractivity (Wildman–Crippen MR) is 167 cm³/mol. The van der Waals surface area contributed by atoms with Gasteiger partial charge in [-0.25, -0.2) is 0 Å². The maximum absolute atomic E-state index is 13.6. The van der Waals surface area contributed by atoms with Crippen molar-refractivity contribution in [3.8, 4) is 17.2 Å². The van der Waals surface area contributed by atoms with E-state index in [1.807, 2.05) is 37.3 Å². The van der Waals surface area contributed by atoms with Gasteiger partial charge in [0.05, 0.1) is 25.3 Å². The van der Waals surface area contributed by atoms with E-state index < -0.39 is 17.7 Å². The van der Waals surface area contributed by atoms with Crippen LogP contribution in [0.5, 0.6) is 17.2 Å². The molecule has 0 bridgehead atoms. The summed E-state index contributed by atoms with van der Waals surface area (Å²) in [4.78, 5) is 32.6. The minimum absolute atomic E-state index is 0.00539. The highest BCUT2D eigenvalue weighted by atomic mass is 16.5. The number of aliphatic hydroxyl groups excluding tert-OH is 1. The van der Waals surface area contributed by atoms with Crippen molar-refractivity contribution in [1.29, 1.82) is 0 Å². The third-order valence-electron chi connectivity index (χ3n) is 7.66. The number of aliphatic hydroxyl groups is 1. The van der Waals surface area contributed by atoms with Crippen molar-refractivity contribution in [2.24, 2.45) is 0 Å². The zero-order valence-electron chi connectivity index (χ0n) is 25.2. The van der Waals surface area contributed by atoms with Crippen LogP contribution in [0.3, 0.4) is 0 Å². The molecule has 3 aromatic carbocycles. The average molecular weight is 593 g/mol. The molecule has 5 rings (SSSR count). The van der Waals surface area contributed by atoms with Gasteiger partial charge in [0, 0.05) is 24.5 Å². The lowest BCUT2D eigenvalue weighted by Crippen LogP contribution is -2.29. The number of rotatable bonds is 12. The Bertz CT molecular complexity index is 1650. The van der Waals surface area contributed by atoms with Gasteiger partial charge in [-0.15, -0.1) is 0 Å². The second-order valence-corrected chi connectivity index (χ2v) is 10.6. The number of unbranched alkanes of at least 4 members (excludes halogenated alkanes) is 1. The summed E-state index contributed by atoms with van der Waals surface area (Å²) >= 11 is 0. The zero-order chi connectivity index (χ0) is 31.1. The standard InChI is InChI=1S/C36H36N2O6/c1-4-5-19-43-30-17-14-27(20-31(30)42-3)33-32(35(40)36(41)38(33)22-25-10-8-18-37-21-25)34(39)26-12-15-29(16-13-26)44-23-28-11-7-6-9-24(28)2/h6-18,20-21,33,39H,4-5,19,22-23H2,1-3H3. The predicted octanol–water partition coefficient (Wildman–Crippen LogP) is 6.78. The first-order valence-corrected chi connectivity index (χ1v) is 14.7. The molecular formula is C36H36N2O6. The van der Waals surface area contributed by atoms with Gasteiger partial charge in [0.1, 0.15) is 18.1 Å². The van der Waals surface area contributed by atoms with Gasteiger partial charge in [-0.3, -0.25) is 14.6 Å². The molecular weight excluding hydrogens is 556 g/mol. The van der Waals surface area contributed by atoms with Gasteiger partial charge in [-0.05, 0) is 78.1 Å². The third-order valence-corrected chi connectivity index (χ3v) is 7.66. The largest absolute Gasteiger partial charge is 0.507 e. The number of pyridine rings is 1. The maximum atomic E-state index is 13.6. The number of hydrogen-bond acceptors (Lipinski definition) is 7. The number of carbonyl (C=O) groups is 2. The highest BCUT2D eigenvalue weighted by Gasteiger charge is 2.46. The molecule has 1 atom stereocenters. The summed E-state index contributed by atoms with van der Waals surface area (Å²) < 4.78 is 17.5. The first kappa shape index (κ1) is 30.4. The summed E-state index contributed by atoms with van der Waals surface area (Å²) in [5.74, 6) is -0.0910. The molecule has 0 saturated carbocycles. The molecule has 1 saturated heterocycles. The molecule has 0 aliphatic carbocycles. The van der Waals surface area contributed by atoms with E-state index in [0.717, 1.165) is 29.5 Å². The van der Waals surface area contributed by atoms with Gasteiger partial charge in [0.2, 0.25) is 0 Å². The summed E-state index contributed by atoms with van der Waals surface area (Å²) in [6.07, 6.45) is 5.18. The topological polar surface area (TPSA) is 98.2 Å². The molecule has 0 spiro atoms. The molecule has 2 heterocycles. The van der Waals surface area contributed by atoms with Crippen LogP contribution in [-0.4, -0.2) is 40.4 Å². The number of hydrogen-bond donors (Lipinski definition) is 1.